The Morgan fingerprint density at radius 2 is 2.11 bits per heavy atom. The molecule has 0 spiro atoms. The highest BCUT2D eigenvalue weighted by molar-refractivity contribution is 8.00. The lowest BCUT2D eigenvalue weighted by molar-refractivity contribution is -0.139. The second-order valence-corrected chi connectivity index (χ2v) is 6.95. The van der Waals surface area contributed by atoms with E-state index in [-0.39, 0.29) is 16.8 Å². The molecule has 0 amide bonds. The van der Waals surface area contributed by atoms with Crippen LogP contribution in [0.1, 0.15) is 33.3 Å². The van der Waals surface area contributed by atoms with Crippen LogP contribution in [0.3, 0.4) is 0 Å². The number of esters is 1. The van der Waals surface area contributed by atoms with Gasteiger partial charge in [0.1, 0.15) is 5.25 Å². The van der Waals surface area contributed by atoms with Crippen LogP contribution in [-0.2, 0) is 16.1 Å². The standard InChI is InChI=1S/C15H23NO2S/c1-11(14(17)18-5)19-13-8-6-7-12(9-13)10-16-15(2,3)4/h6-9,11,16H,10H2,1-5H3. The van der Waals surface area contributed by atoms with Crippen LogP contribution in [0.2, 0.25) is 0 Å². The van der Waals surface area contributed by atoms with Gasteiger partial charge >= 0.3 is 5.97 Å². The molecular formula is C15H23NO2S. The first kappa shape index (κ1) is 16.1. The summed E-state index contributed by atoms with van der Waals surface area (Å²) in [6.07, 6.45) is 0. The van der Waals surface area contributed by atoms with E-state index in [1.54, 1.807) is 0 Å². The smallest absolute Gasteiger partial charge is 0.318 e. The number of hydrogen-bond acceptors (Lipinski definition) is 4. The van der Waals surface area contributed by atoms with Crippen LogP contribution in [0.5, 0.6) is 0 Å². The summed E-state index contributed by atoms with van der Waals surface area (Å²) < 4.78 is 4.73. The van der Waals surface area contributed by atoms with Gasteiger partial charge in [0.05, 0.1) is 7.11 Å². The quantitative estimate of drug-likeness (QED) is 0.664. The molecule has 0 aromatic heterocycles. The van der Waals surface area contributed by atoms with Crippen molar-refractivity contribution in [2.45, 2.75) is 49.9 Å². The van der Waals surface area contributed by atoms with Gasteiger partial charge in [0.15, 0.2) is 0 Å². The van der Waals surface area contributed by atoms with Gasteiger partial charge in [0.25, 0.3) is 0 Å². The van der Waals surface area contributed by atoms with Crippen molar-refractivity contribution in [1.29, 1.82) is 0 Å². The van der Waals surface area contributed by atoms with Crippen molar-refractivity contribution < 1.29 is 9.53 Å². The Bertz CT molecular complexity index is 426. The lowest BCUT2D eigenvalue weighted by atomic mass is 10.1. The highest BCUT2D eigenvalue weighted by Crippen LogP contribution is 2.24. The van der Waals surface area contributed by atoms with E-state index in [0.717, 1.165) is 11.4 Å². The molecule has 1 aromatic rings. The Kier molecular flexibility index (Phi) is 5.88. The molecule has 106 valence electrons. The van der Waals surface area contributed by atoms with Crippen molar-refractivity contribution in [2.24, 2.45) is 0 Å². The van der Waals surface area contributed by atoms with E-state index < -0.39 is 0 Å². The molecule has 4 heteroatoms. The van der Waals surface area contributed by atoms with Crippen LogP contribution in [0.15, 0.2) is 29.2 Å². The summed E-state index contributed by atoms with van der Waals surface area (Å²) in [5, 5.41) is 3.27. The lowest BCUT2D eigenvalue weighted by Crippen LogP contribution is -2.35. The number of rotatable bonds is 5. The molecule has 0 aliphatic rings. The zero-order valence-corrected chi connectivity index (χ0v) is 13.1. The normalized spacial score (nSPS) is 13.1. The highest BCUT2D eigenvalue weighted by atomic mass is 32.2. The average Bonchev–Trinajstić information content (AvgIpc) is 2.35. The van der Waals surface area contributed by atoms with Crippen molar-refractivity contribution >= 4 is 17.7 Å². The van der Waals surface area contributed by atoms with Gasteiger partial charge < -0.3 is 10.1 Å². The third kappa shape index (κ3) is 6.12. The first-order valence-corrected chi connectivity index (χ1v) is 7.28. The van der Waals surface area contributed by atoms with E-state index in [0.29, 0.717) is 0 Å². The molecule has 0 aliphatic carbocycles. The van der Waals surface area contributed by atoms with Gasteiger partial charge in [-0.1, -0.05) is 12.1 Å². The second kappa shape index (κ2) is 6.96. The van der Waals surface area contributed by atoms with Gasteiger partial charge in [0.2, 0.25) is 0 Å². The van der Waals surface area contributed by atoms with Crippen molar-refractivity contribution in [1.82, 2.24) is 5.32 Å². The zero-order chi connectivity index (χ0) is 14.5. The molecule has 1 N–H and O–H groups in total. The summed E-state index contributed by atoms with van der Waals surface area (Å²) in [7, 11) is 1.42. The highest BCUT2D eigenvalue weighted by Gasteiger charge is 2.14. The molecule has 1 atom stereocenters. The maximum atomic E-state index is 11.4. The fraction of sp³-hybridized carbons (Fsp3) is 0.533. The molecule has 0 radical (unpaired) electrons. The maximum Gasteiger partial charge on any atom is 0.318 e. The third-order valence-corrected chi connectivity index (χ3v) is 3.64. The van der Waals surface area contributed by atoms with Gasteiger partial charge in [-0.2, -0.15) is 0 Å². The van der Waals surface area contributed by atoms with Crippen LogP contribution < -0.4 is 5.32 Å². The number of carbonyl (C=O) groups is 1. The Morgan fingerprint density at radius 3 is 2.68 bits per heavy atom. The number of methoxy groups -OCH3 is 1. The van der Waals surface area contributed by atoms with Gasteiger partial charge in [-0.25, -0.2) is 0 Å². The first-order chi connectivity index (χ1) is 8.81. The summed E-state index contributed by atoms with van der Waals surface area (Å²) in [4.78, 5) is 12.5. The summed E-state index contributed by atoms with van der Waals surface area (Å²) in [6, 6.07) is 8.24. The molecule has 0 saturated heterocycles. The summed E-state index contributed by atoms with van der Waals surface area (Å²) in [6.45, 7) is 9.11. The summed E-state index contributed by atoms with van der Waals surface area (Å²) in [5.41, 5.74) is 1.32. The largest absolute Gasteiger partial charge is 0.468 e. The number of nitrogens with one attached hydrogen (secondary N) is 1. The number of benzene rings is 1. The molecule has 0 aliphatic heterocycles. The fourth-order valence-electron chi connectivity index (χ4n) is 1.51. The van der Waals surface area contributed by atoms with E-state index in [1.807, 2.05) is 19.1 Å². The molecule has 1 rings (SSSR count). The Morgan fingerprint density at radius 1 is 1.42 bits per heavy atom. The topological polar surface area (TPSA) is 38.3 Å². The van der Waals surface area contributed by atoms with E-state index in [2.05, 4.69) is 38.2 Å². The van der Waals surface area contributed by atoms with E-state index in [4.69, 9.17) is 4.74 Å². The van der Waals surface area contributed by atoms with E-state index in [1.165, 1.54) is 24.4 Å². The lowest BCUT2D eigenvalue weighted by Gasteiger charge is -2.20. The average molecular weight is 281 g/mol. The fourth-order valence-corrected chi connectivity index (χ4v) is 2.49. The van der Waals surface area contributed by atoms with E-state index in [9.17, 15) is 4.79 Å². The molecule has 0 heterocycles. The number of ether oxygens (including phenoxy) is 1. The van der Waals surface area contributed by atoms with Crippen LogP contribution in [0.4, 0.5) is 0 Å². The Balaban J connectivity index is 2.64. The minimum Gasteiger partial charge on any atom is -0.468 e. The summed E-state index contributed by atoms with van der Waals surface area (Å²) >= 11 is 1.52. The Hall–Kier alpha value is -1.00. The van der Waals surface area contributed by atoms with Crippen molar-refractivity contribution in [3.63, 3.8) is 0 Å². The van der Waals surface area contributed by atoms with Crippen LogP contribution >= 0.6 is 11.8 Å². The first-order valence-electron chi connectivity index (χ1n) is 6.40. The van der Waals surface area contributed by atoms with Crippen LogP contribution in [0.25, 0.3) is 0 Å². The number of hydrogen-bond donors (Lipinski definition) is 1. The molecule has 3 nitrogen and oxygen atoms in total. The number of carbonyl (C=O) groups excluding carboxylic acids is 1. The molecule has 0 saturated carbocycles. The van der Waals surface area contributed by atoms with Crippen molar-refractivity contribution in [2.75, 3.05) is 7.11 Å². The van der Waals surface area contributed by atoms with Gasteiger partial charge in [-0.15, -0.1) is 11.8 Å². The zero-order valence-electron chi connectivity index (χ0n) is 12.3. The molecule has 0 bridgehead atoms. The minimum atomic E-state index is -0.191. The third-order valence-electron chi connectivity index (χ3n) is 2.57. The van der Waals surface area contributed by atoms with E-state index >= 15 is 0 Å². The predicted molar refractivity (Wildman–Crippen MR) is 80.4 cm³/mol. The van der Waals surface area contributed by atoms with Gasteiger partial charge in [-0.3, -0.25) is 4.79 Å². The maximum absolute atomic E-state index is 11.4. The predicted octanol–water partition coefficient (Wildman–Crippen LogP) is 3.23. The van der Waals surface area contributed by atoms with Crippen molar-refractivity contribution in [3.8, 4) is 0 Å². The van der Waals surface area contributed by atoms with Gasteiger partial charge in [-0.05, 0) is 45.4 Å². The van der Waals surface area contributed by atoms with Crippen molar-refractivity contribution in [3.05, 3.63) is 29.8 Å². The minimum absolute atomic E-state index is 0.0997. The molecule has 1 aromatic carbocycles. The van der Waals surface area contributed by atoms with Crippen LogP contribution in [-0.4, -0.2) is 23.9 Å². The molecule has 19 heavy (non-hydrogen) atoms. The summed E-state index contributed by atoms with van der Waals surface area (Å²) in [5.74, 6) is -0.191. The molecular weight excluding hydrogens is 258 g/mol. The number of thioether (sulfide) groups is 1. The monoisotopic (exact) mass is 281 g/mol. The SMILES string of the molecule is COC(=O)C(C)Sc1cccc(CNC(C)(C)C)c1. The molecule has 1 unspecified atom stereocenters. The Labute approximate surface area is 120 Å². The molecule has 0 fully saturated rings. The van der Waals surface area contributed by atoms with Gasteiger partial charge in [0, 0.05) is 17.0 Å². The second-order valence-electron chi connectivity index (χ2n) is 5.53. The van der Waals surface area contributed by atoms with Crippen LogP contribution in [0, 0.1) is 0 Å².